The quantitative estimate of drug-likeness (QED) is 0.722. The molecule has 1 aromatic carbocycles. The molecule has 0 bridgehead atoms. The fraction of sp³-hybridized carbons (Fsp3) is 0.222. The predicted molar refractivity (Wildman–Crippen MR) is 48.9 cm³/mol. The molecule has 0 heterocycles. The smallest absolute Gasteiger partial charge is 0.386 e. The van der Waals surface area contributed by atoms with Gasteiger partial charge in [0.2, 0.25) is 0 Å². The Bertz CT molecular complexity index is 339. The number of ether oxygens (including phenoxy) is 2. The average molecular weight is 193 g/mol. The van der Waals surface area contributed by atoms with Crippen LogP contribution in [0.3, 0.4) is 0 Å². The van der Waals surface area contributed by atoms with E-state index in [0.29, 0.717) is 11.5 Å². The first-order valence-electron chi connectivity index (χ1n) is 3.84. The van der Waals surface area contributed by atoms with E-state index in [1.54, 1.807) is 12.1 Å². The Morgan fingerprint density at radius 3 is 2.57 bits per heavy atom. The second-order valence-corrected chi connectivity index (χ2v) is 2.43. The van der Waals surface area contributed by atoms with E-state index in [1.165, 1.54) is 20.3 Å². The van der Waals surface area contributed by atoms with Gasteiger partial charge in [0.1, 0.15) is 17.2 Å². The van der Waals surface area contributed by atoms with E-state index in [2.05, 4.69) is 5.32 Å². The molecule has 0 unspecified atom stereocenters. The first kappa shape index (κ1) is 10.2. The number of methoxy groups -OCH3 is 2. The second kappa shape index (κ2) is 4.36. The summed E-state index contributed by atoms with van der Waals surface area (Å²) in [6.07, 6.45) is 0. The molecular formula is C9H9N2O3. The standard InChI is InChI=1S/C9H9N2O3/c1-13-6-3-4-8(14-2)7(5-6)11-9(10)12/h3-5H,1-2H3. The van der Waals surface area contributed by atoms with Gasteiger partial charge in [0, 0.05) is 6.07 Å². The van der Waals surface area contributed by atoms with Crippen LogP contribution in [0.15, 0.2) is 18.2 Å². The van der Waals surface area contributed by atoms with Gasteiger partial charge in [-0.15, -0.1) is 0 Å². The van der Waals surface area contributed by atoms with Crippen molar-refractivity contribution in [2.24, 2.45) is 0 Å². The Hall–Kier alpha value is -1.91. The Morgan fingerprint density at radius 2 is 2.07 bits per heavy atom. The Kier molecular flexibility index (Phi) is 3.17. The van der Waals surface area contributed by atoms with Crippen LogP contribution < -0.4 is 20.5 Å². The molecule has 0 spiro atoms. The minimum Gasteiger partial charge on any atom is -0.497 e. The molecule has 0 saturated heterocycles. The highest BCUT2D eigenvalue weighted by Gasteiger charge is 2.09. The molecule has 5 heteroatoms. The van der Waals surface area contributed by atoms with Crippen LogP contribution in [0.5, 0.6) is 11.5 Å². The summed E-state index contributed by atoms with van der Waals surface area (Å²) in [6.45, 7) is 0. The number of nitrogens with zero attached hydrogens (tertiary/aromatic N) is 2. The van der Waals surface area contributed by atoms with E-state index in [0.717, 1.165) is 0 Å². The van der Waals surface area contributed by atoms with Gasteiger partial charge in [-0.25, -0.2) is 4.79 Å². The van der Waals surface area contributed by atoms with Crippen molar-refractivity contribution in [3.63, 3.8) is 0 Å². The highest BCUT2D eigenvalue weighted by atomic mass is 16.5. The van der Waals surface area contributed by atoms with Crippen LogP contribution in [-0.4, -0.2) is 20.3 Å². The lowest BCUT2D eigenvalue weighted by Crippen LogP contribution is -2.09. The van der Waals surface area contributed by atoms with Gasteiger partial charge >= 0.3 is 6.03 Å². The lowest BCUT2D eigenvalue weighted by Gasteiger charge is -2.07. The maximum Gasteiger partial charge on any atom is 0.386 e. The lowest BCUT2D eigenvalue weighted by molar-refractivity contribution is 0.250. The molecule has 0 aliphatic carbocycles. The van der Waals surface area contributed by atoms with Crippen LogP contribution in [0.25, 0.3) is 0 Å². The predicted octanol–water partition coefficient (Wildman–Crippen LogP) is 1.13. The summed E-state index contributed by atoms with van der Waals surface area (Å²) >= 11 is 0. The van der Waals surface area contributed by atoms with Gasteiger partial charge in [0.15, 0.2) is 0 Å². The first-order chi connectivity index (χ1) is 6.67. The van der Waals surface area contributed by atoms with E-state index in [-0.39, 0.29) is 5.69 Å². The number of hydrogen-bond acceptors (Lipinski definition) is 3. The number of hydrogen-bond donors (Lipinski definition) is 0. The normalized spacial score (nSPS) is 9.29. The van der Waals surface area contributed by atoms with Gasteiger partial charge in [-0.1, -0.05) is 5.73 Å². The van der Waals surface area contributed by atoms with Gasteiger partial charge in [-0.2, -0.15) is 5.32 Å². The van der Waals surface area contributed by atoms with Crippen LogP contribution in [0.4, 0.5) is 10.5 Å². The summed E-state index contributed by atoms with van der Waals surface area (Å²) in [5.74, 6) is 0.930. The zero-order valence-corrected chi connectivity index (χ0v) is 7.85. The van der Waals surface area contributed by atoms with E-state index in [4.69, 9.17) is 15.2 Å². The summed E-state index contributed by atoms with van der Waals surface area (Å²) in [7, 11) is 2.94. The van der Waals surface area contributed by atoms with Crippen molar-refractivity contribution in [1.82, 2.24) is 11.1 Å². The highest BCUT2D eigenvalue weighted by Crippen LogP contribution is 2.28. The lowest BCUT2D eigenvalue weighted by atomic mass is 10.2. The van der Waals surface area contributed by atoms with Crippen LogP contribution in [0.1, 0.15) is 0 Å². The van der Waals surface area contributed by atoms with Crippen LogP contribution >= 0.6 is 0 Å². The van der Waals surface area contributed by atoms with Crippen molar-refractivity contribution in [1.29, 1.82) is 0 Å². The fourth-order valence-corrected chi connectivity index (χ4v) is 0.987. The number of benzene rings is 1. The number of carbonyl (C=O) groups excluding carboxylic acids is 1. The molecule has 0 fully saturated rings. The Labute approximate surface area is 81.8 Å². The van der Waals surface area contributed by atoms with Gasteiger partial charge in [-0.3, -0.25) is 0 Å². The van der Waals surface area contributed by atoms with E-state index < -0.39 is 6.03 Å². The molecule has 73 valence electrons. The van der Waals surface area contributed by atoms with E-state index >= 15 is 0 Å². The minimum absolute atomic E-state index is 0.236. The van der Waals surface area contributed by atoms with Gasteiger partial charge in [0.25, 0.3) is 0 Å². The Balaban J connectivity index is 3.01. The number of carbonyl (C=O) groups is 1. The van der Waals surface area contributed by atoms with Crippen LogP contribution in [0.2, 0.25) is 0 Å². The van der Waals surface area contributed by atoms with Gasteiger partial charge in [0.05, 0.1) is 14.2 Å². The largest absolute Gasteiger partial charge is 0.497 e. The summed E-state index contributed by atoms with van der Waals surface area (Å²) in [6, 6.07) is 3.49. The number of amides is 2. The zero-order valence-electron chi connectivity index (χ0n) is 7.85. The highest BCUT2D eigenvalue weighted by molar-refractivity contribution is 5.78. The molecule has 14 heavy (non-hydrogen) atoms. The molecule has 5 nitrogen and oxygen atoms in total. The molecule has 2 amide bonds. The maximum absolute atomic E-state index is 10.4. The van der Waals surface area contributed by atoms with Crippen molar-refractivity contribution in [3.8, 4) is 11.5 Å². The zero-order chi connectivity index (χ0) is 10.6. The van der Waals surface area contributed by atoms with Crippen molar-refractivity contribution in [2.75, 3.05) is 14.2 Å². The van der Waals surface area contributed by atoms with Crippen molar-refractivity contribution < 1.29 is 14.3 Å². The molecule has 0 aromatic heterocycles. The second-order valence-electron chi connectivity index (χ2n) is 2.43. The number of urea groups is 1. The molecule has 0 N–H and O–H groups in total. The first-order valence-corrected chi connectivity index (χ1v) is 3.84. The monoisotopic (exact) mass is 193 g/mol. The van der Waals surface area contributed by atoms with E-state index in [9.17, 15) is 4.79 Å². The van der Waals surface area contributed by atoms with Crippen molar-refractivity contribution in [3.05, 3.63) is 18.2 Å². The van der Waals surface area contributed by atoms with E-state index in [1.807, 2.05) is 0 Å². The van der Waals surface area contributed by atoms with Crippen molar-refractivity contribution >= 4 is 11.7 Å². The summed E-state index contributed by atoms with van der Waals surface area (Å²) in [4.78, 5) is 10.4. The van der Waals surface area contributed by atoms with Crippen LogP contribution in [0, 0.1) is 0 Å². The van der Waals surface area contributed by atoms with Crippen LogP contribution in [-0.2, 0) is 0 Å². The van der Waals surface area contributed by atoms with Gasteiger partial charge in [-0.05, 0) is 12.1 Å². The molecule has 0 aliphatic rings. The summed E-state index contributed by atoms with van der Waals surface area (Å²) < 4.78 is 9.86. The molecule has 0 atom stereocenters. The van der Waals surface area contributed by atoms with Gasteiger partial charge < -0.3 is 9.47 Å². The molecule has 1 aromatic rings. The number of rotatable bonds is 3. The van der Waals surface area contributed by atoms with Crippen molar-refractivity contribution in [2.45, 2.75) is 0 Å². The third kappa shape index (κ3) is 2.29. The summed E-state index contributed by atoms with van der Waals surface area (Å²) in [5.41, 5.74) is 8.72. The summed E-state index contributed by atoms with van der Waals surface area (Å²) in [5, 5.41) is 3.35. The minimum atomic E-state index is -1.27. The SMILES string of the molecule is COc1ccc(OC)c([N]C([N])=O)c1. The molecule has 1 rings (SSSR count). The fourth-order valence-electron chi connectivity index (χ4n) is 0.987. The Morgan fingerprint density at radius 1 is 1.36 bits per heavy atom. The third-order valence-electron chi connectivity index (χ3n) is 1.60. The maximum atomic E-state index is 10.4. The molecule has 3 radical (unpaired) electrons. The molecule has 0 aliphatic heterocycles. The third-order valence-corrected chi connectivity index (χ3v) is 1.60. The average Bonchev–Trinajstić information content (AvgIpc) is 2.16. The molecular weight excluding hydrogens is 184 g/mol. The molecule has 0 saturated carbocycles. The topological polar surface area (TPSA) is 71.9 Å².